The molecule has 2 heterocycles. The summed E-state index contributed by atoms with van der Waals surface area (Å²) in [5.74, 6) is 1.52. The molecule has 1 fully saturated rings. The minimum Gasteiger partial charge on any atom is -0.285 e. The summed E-state index contributed by atoms with van der Waals surface area (Å²) in [4.78, 5) is 18.8. The molecule has 4 rings (SSSR count). The first-order valence-electron chi connectivity index (χ1n) is 9.63. The third-order valence-electron chi connectivity index (χ3n) is 4.68. The van der Waals surface area contributed by atoms with Gasteiger partial charge in [0.1, 0.15) is 11.7 Å². The third-order valence-corrected chi connectivity index (χ3v) is 6.68. The van der Waals surface area contributed by atoms with Gasteiger partial charge < -0.3 is 0 Å². The van der Waals surface area contributed by atoms with E-state index < -0.39 is 0 Å². The highest BCUT2D eigenvalue weighted by molar-refractivity contribution is 8.14. The first-order chi connectivity index (χ1) is 14.1. The van der Waals surface area contributed by atoms with Gasteiger partial charge >= 0.3 is 5.13 Å². The normalized spacial score (nSPS) is 25.9. The van der Waals surface area contributed by atoms with Crippen LogP contribution < -0.4 is 15.1 Å². The van der Waals surface area contributed by atoms with Crippen LogP contribution in [0.5, 0.6) is 0 Å². The summed E-state index contributed by atoms with van der Waals surface area (Å²) in [5.41, 5.74) is 4.57. The van der Waals surface area contributed by atoms with Crippen molar-refractivity contribution in [2.75, 3.05) is 5.75 Å². The van der Waals surface area contributed by atoms with E-state index in [2.05, 4.69) is 59.9 Å². The second kappa shape index (κ2) is 9.02. The Kier molecular flexibility index (Phi) is 6.22. The average Bonchev–Trinajstić information content (AvgIpc) is 3.12. The topological polar surface area (TPSA) is 66.9 Å². The molecule has 8 heteroatoms. The Labute approximate surface area is 178 Å². The molecule has 0 spiro atoms. The number of carbonyl (C=O) groups is 1. The van der Waals surface area contributed by atoms with Crippen molar-refractivity contribution in [2.24, 2.45) is 22.1 Å². The molecule has 0 radical (unpaired) electrons. The number of hydrogen-bond donors (Lipinski definition) is 1. The largest absolute Gasteiger partial charge is 0.450 e. The zero-order chi connectivity index (χ0) is 20.2. The molecule has 0 aromatic carbocycles. The standard InChI is InChI=1S/C21H23N4O2S2/c1-14-4-3-5-16(9-6-14)22-23-21-25(27-24-17-12-13-28-20(17)26)18-10-7-15(2)8-11-19(18)29-21/h3-11,14-15,17,24H,12-13H2,1-2H3/q+1. The molecule has 1 aliphatic heterocycles. The van der Waals surface area contributed by atoms with Crippen LogP contribution in [0, 0.1) is 11.8 Å². The Balaban J connectivity index is 1.62. The highest BCUT2D eigenvalue weighted by atomic mass is 32.2. The molecular formula is C21H23N4O2S2+. The van der Waals surface area contributed by atoms with Crippen molar-refractivity contribution in [1.29, 1.82) is 0 Å². The lowest BCUT2D eigenvalue weighted by Crippen LogP contribution is -2.54. The average molecular weight is 428 g/mol. The quantitative estimate of drug-likeness (QED) is 0.429. The maximum absolute atomic E-state index is 11.9. The van der Waals surface area contributed by atoms with Gasteiger partial charge in [-0.25, -0.2) is 4.94 Å². The summed E-state index contributed by atoms with van der Waals surface area (Å²) in [7, 11) is 0. The van der Waals surface area contributed by atoms with Gasteiger partial charge in [-0.3, -0.25) is 4.79 Å². The van der Waals surface area contributed by atoms with Gasteiger partial charge in [-0.1, -0.05) is 61.5 Å². The first kappa shape index (κ1) is 20.0. The van der Waals surface area contributed by atoms with E-state index in [1.165, 1.54) is 23.1 Å². The molecule has 3 atom stereocenters. The number of rotatable bonds is 5. The fourth-order valence-electron chi connectivity index (χ4n) is 2.95. The molecule has 0 amide bonds. The molecule has 3 aliphatic rings. The highest BCUT2D eigenvalue weighted by Gasteiger charge is 2.30. The SMILES string of the molecule is CC1C=CC=C(N=Nc2sc3c([n+]2ONC2CCSC2=O)C=CC(C)C=C3)C=C1. The van der Waals surface area contributed by atoms with Crippen molar-refractivity contribution in [2.45, 2.75) is 26.3 Å². The van der Waals surface area contributed by atoms with Crippen molar-refractivity contribution >= 4 is 45.5 Å². The van der Waals surface area contributed by atoms with E-state index in [0.717, 1.165) is 28.4 Å². The summed E-state index contributed by atoms with van der Waals surface area (Å²) in [6.45, 7) is 4.24. The van der Waals surface area contributed by atoms with Crippen LogP contribution in [0.1, 0.15) is 30.8 Å². The molecule has 150 valence electrons. The number of nitrogens with zero attached hydrogens (tertiary/aromatic N) is 3. The lowest BCUT2D eigenvalue weighted by atomic mass is 10.2. The van der Waals surface area contributed by atoms with Gasteiger partial charge in [-0.05, 0) is 63.7 Å². The van der Waals surface area contributed by atoms with Crippen molar-refractivity contribution < 1.29 is 14.5 Å². The van der Waals surface area contributed by atoms with E-state index >= 15 is 0 Å². The second-order valence-electron chi connectivity index (χ2n) is 7.12. The van der Waals surface area contributed by atoms with Gasteiger partial charge in [-0.15, -0.1) is 0 Å². The number of fused-ring (bicyclic) bond motifs is 1. The maximum atomic E-state index is 11.9. The van der Waals surface area contributed by atoms with Gasteiger partial charge in [0.25, 0.3) is 0 Å². The van der Waals surface area contributed by atoms with Crippen LogP contribution in [-0.2, 0) is 4.79 Å². The Bertz CT molecular complexity index is 972. The number of allylic oxidation sites excluding steroid dienone is 7. The molecular weight excluding hydrogens is 404 g/mol. The van der Waals surface area contributed by atoms with Crippen molar-refractivity contribution in [3.05, 3.63) is 58.8 Å². The number of hydrogen-bond acceptors (Lipinski definition) is 7. The van der Waals surface area contributed by atoms with Crippen LogP contribution in [0.2, 0.25) is 0 Å². The van der Waals surface area contributed by atoms with E-state index in [1.807, 2.05) is 24.3 Å². The summed E-state index contributed by atoms with van der Waals surface area (Å²) in [6.07, 6.45) is 19.2. The molecule has 1 N–H and O–H groups in total. The van der Waals surface area contributed by atoms with Crippen LogP contribution in [0.15, 0.2) is 58.5 Å². The Hall–Kier alpha value is -2.29. The van der Waals surface area contributed by atoms with Gasteiger partial charge in [0.05, 0.1) is 9.99 Å². The predicted octanol–water partition coefficient (Wildman–Crippen LogP) is 4.41. The van der Waals surface area contributed by atoms with Crippen LogP contribution in [0.4, 0.5) is 5.13 Å². The van der Waals surface area contributed by atoms with Gasteiger partial charge in [0.2, 0.25) is 5.12 Å². The first-order valence-corrected chi connectivity index (χ1v) is 11.4. The monoisotopic (exact) mass is 427 g/mol. The highest BCUT2D eigenvalue weighted by Crippen LogP contribution is 2.29. The third kappa shape index (κ3) is 4.83. The van der Waals surface area contributed by atoms with Crippen LogP contribution in [0.3, 0.4) is 0 Å². The zero-order valence-corrected chi connectivity index (χ0v) is 18.0. The Morgan fingerprint density at radius 2 is 1.90 bits per heavy atom. The summed E-state index contributed by atoms with van der Waals surface area (Å²) < 4.78 is 1.62. The molecule has 1 saturated heterocycles. The minimum atomic E-state index is -0.309. The van der Waals surface area contributed by atoms with Crippen molar-refractivity contribution in [3.8, 4) is 0 Å². The zero-order valence-electron chi connectivity index (χ0n) is 16.3. The Morgan fingerprint density at radius 3 is 2.72 bits per heavy atom. The molecule has 2 aliphatic carbocycles. The Morgan fingerprint density at radius 1 is 1.10 bits per heavy atom. The number of carbonyl (C=O) groups excluding carboxylic acids is 1. The number of thioether (sulfide) groups is 1. The fourth-order valence-corrected chi connectivity index (χ4v) is 4.77. The minimum absolute atomic E-state index is 0.105. The van der Waals surface area contributed by atoms with E-state index in [9.17, 15) is 4.79 Å². The number of aromatic nitrogens is 1. The fraction of sp³-hybridized carbons (Fsp3) is 0.333. The molecule has 1 aromatic rings. The van der Waals surface area contributed by atoms with Crippen molar-refractivity contribution in [1.82, 2.24) is 5.48 Å². The van der Waals surface area contributed by atoms with E-state index in [4.69, 9.17) is 4.94 Å². The smallest absolute Gasteiger partial charge is 0.285 e. The lowest BCUT2D eigenvalue weighted by Gasteiger charge is -2.07. The van der Waals surface area contributed by atoms with Crippen molar-refractivity contribution in [3.63, 3.8) is 0 Å². The van der Waals surface area contributed by atoms with E-state index in [1.54, 1.807) is 4.73 Å². The lowest BCUT2D eigenvalue weighted by molar-refractivity contribution is -0.893. The van der Waals surface area contributed by atoms with Gasteiger partial charge in [0.15, 0.2) is 5.69 Å². The molecule has 29 heavy (non-hydrogen) atoms. The van der Waals surface area contributed by atoms with Crippen LogP contribution in [0.25, 0.3) is 12.2 Å². The van der Waals surface area contributed by atoms with E-state index in [0.29, 0.717) is 17.0 Å². The van der Waals surface area contributed by atoms with Gasteiger partial charge in [-0.2, -0.15) is 0 Å². The summed E-state index contributed by atoms with van der Waals surface area (Å²) >= 11 is 2.83. The molecule has 0 saturated carbocycles. The second-order valence-corrected chi connectivity index (χ2v) is 9.23. The van der Waals surface area contributed by atoms with Crippen LogP contribution >= 0.6 is 23.1 Å². The number of thiazole rings is 1. The summed E-state index contributed by atoms with van der Waals surface area (Å²) in [5, 5.41) is 9.54. The molecule has 1 aromatic heterocycles. The number of nitrogens with one attached hydrogen (secondary N) is 1. The maximum Gasteiger partial charge on any atom is 0.450 e. The van der Waals surface area contributed by atoms with Gasteiger partial charge in [0, 0.05) is 5.75 Å². The van der Waals surface area contributed by atoms with Crippen LogP contribution in [-0.4, -0.2) is 16.9 Å². The number of hydroxylamine groups is 1. The van der Waals surface area contributed by atoms with E-state index in [-0.39, 0.29) is 11.2 Å². The molecule has 3 unspecified atom stereocenters. The summed E-state index contributed by atoms with van der Waals surface area (Å²) in [6, 6.07) is -0.309. The molecule has 0 bridgehead atoms. The number of azo groups is 1. The molecule has 6 nitrogen and oxygen atoms in total. The predicted molar refractivity (Wildman–Crippen MR) is 117 cm³/mol.